The van der Waals surface area contributed by atoms with Gasteiger partial charge in [0.05, 0.1) is 19.8 Å². The molecule has 3 rings (SSSR count). The first-order valence-corrected chi connectivity index (χ1v) is 11.3. The van der Waals surface area contributed by atoms with Gasteiger partial charge in [0.2, 0.25) is 0 Å². The van der Waals surface area contributed by atoms with Gasteiger partial charge in [0.1, 0.15) is 23.7 Å². The van der Waals surface area contributed by atoms with E-state index in [1.165, 1.54) is 0 Å². The summed E-state index contributed by atoms with van der Waals surface area (Å²) in [6.07, 6.45) is 1.41. The van der Waals surface area contributed by atoms with Crippen LogP contribution < -0.4 is 4.74 Å². The molecule has 7 nitrogen and oxygen atoms in total. The number of piperidine rings is 1. The number of likely N-dealkylation sites (tertiary alicyclic amines) is 1. The lowest BCUT2D eigenvalue weighted by Crippen LogP contribution is -2.43. The number of rotatable bonds is 8. The molecule has 0 N–H and O–H groups in total. The Hall–Kier alpha value is -3.06. The molecule has 0 aliphatic carbocycles. The zero-order valence-corrected chi connectivity index (χ0v) is 20.0. The topological polar surface area (TPSA) is 69.6 Å². The number of ether oxygens (including phenoxy) is 3. The largest absolute Gasteiger partial charge is 0.497 e. The monoisotopic (exact) mass is 454 g/mol. The van der Waals surface area contributed by atoms with Gasteiger partial charge < -0.3 is 23.9 Å². The van der Waals surface area contributed by atoms with Crippen LogP contribution in [0.15, 0.2) is 59.8 Å². The second-order valence-electron chi connectivity index (χ2n) is 8.91. The van der Waals surface area contributed by atoms with Gasteiger partial charge in [-0.2, -0.15) is 0 Å². The normalized spacial score (nSPS) is 15.3. The van der Waals surface area contributed by atoms with Crippen LogP contribution in [0.3, 0.4) is 0 Å². The van der Waals surface area contributed by atoms with Gasteiger partial charge in [-0.3, -0.25) is 0 Å². The summed E-state index contributed by atoms with van der Waals surface area (Å²) in [6, 6.07) is 17.6. The van der Waals surface area contributed by atoms with Crippen molar-refractivity contribution < 1.29 is 23.8 Å². The summed E-state index contributed by atoms with van der Waals surface area (Å²) in [5.74, 6) is 0.790. The molecular weight excluding hydrogens is 420 g/mol. The highest BCUT2D eigenvalue weighted by Crippen LogP contribution is 2.18. The summed E-state index contributed by atoms with van der Waals surface area (Å²) in [7, 11) is 1.64. The summed E-state index contributed by atoms with van der Waals surface area (Å²) < 4.78 is 16.6. The van der Waals surface area contributed by atoms with Crippen LogP contribution >= 0.6 is 0 Å². The highest BCUT2D eigenvalue weighted by atomic mass is 16.6. The van der Waals surface area contributed by atoms with E-state index in [4.69, 9.17) is 19.0 Å². The van der Waals surface area contributed by atoms with Crippen molar-refractivity contribution in [1.29, 1.82) is 0 Å². The molecule has 7 heteroatoms. The second-order valence-corrected chi connectivity index (χ2v) is 8.91. The van der Waals surface area contributed by atoms with E-state index in [-0.39, 0.29) is 12.2 Å². The van der Waals surface area contributed by atoms with Crippen molar-refractivity contribution >= 4 is 11.8 Å². The van der Waals surface area contributed by atoms with E-state index in [1.54, 1.807) is 12.0 Å². The van der Waals surface area contributed by atoms with Crippen molar-refractivity contribution in [2.45, 2.75) is 45.3 Å². The molecule has 33 heavy (non-hydrogen) atoms. The molecule has 1 aliphatic heterocycles. The minimum absolute atomic E-state index is 0.103. The van der Waals surface area contributed by atoms with Crippen molar-refractivity contribution in [3.63, 3.8) is 0 Å². The molecule has 1 amide bonds. The Kier molecular flexibility index (Phi) is 8.72. The van der Waals surface area contributed by atoms with Crippen molar-refractivity contribution in [2.75, 3.05) is 33.4 Å². The number of oxime groups is 1. The first-order valence-electron chi connectivity index (χ1n) is 11.3. The zero-order valence-electron chi connectivity index (χ0n) is 20.0. The van der Waals surface area contributed by atoms with Crippen LogP contribution in [0.4, 0.5) is 4.79 Å². The van der Waals surface area contributed by atoms with E-state index in [0.29, 0.717) is 26.3 Å². The Labute approximate surface area is 196 Å². The number of methoxy groups -OCH3 is 1. The lowest BCUT2D eigenvalue weighted by molar-refractivity contribution is -0.0287. The number of benzene rings is 2. The maximum absolute atomic E-state index is 12.2. The number of nitrogens with zero attached hydrogens (tertiary/aromatic N) is 2. The quantitative estimate of drug-likeness (QED) is 0.323. The lowest BCUT2D eigenvalue weighted by Gasteiger charge is -2.33. The second kappa shape index (κ2) is 11.7. The molecule has 1 heterocycles. The summed E-state index contributed by atoms with van der Waals surface area (Å²) in [5.41, 5.74) is 2.19. The first-order chi connectivity index (χ1) is 15.9. The summed E-state index contributed by atoms with van der Waals surface area (Å²) in [5, 5.41) is 4.40. The fourth-order valence-corrected chi connectivity index (χ4v) is 3.51. The first kappa shape index (κ1) is 24.6. The van der Waals surface area contributed by atoms with Gasteiger partial charge in [0, 0.05) is 24.2 Å². The van der Waals surface area contributed by atoms with E-state index >= 15 is 0 Å². The van der Waals surface area contributed by atoms with Gasteiger partial charge in [-0.25, -0.2) is 4.79 Å². The average molecular weight is 455 g/mol. The minimum atomic E-state index is -0.479. The predicted octanol–water partition coefficient (Wildman–Crippen LogP) is 4.88. The van der Waals surface area contributed by atoms with Crippen LogP contribution in [-0.2, 0) is 14.3 Å². The molecule has 0 atom stereocenters. The van der Waals surface area contributed by atoms with Gasteiger partial charge in [-0.15, -0.1) is 0 Å². The van der Waals surface area contributed by atoms with Gasteiger partial charge in [0.25, 0.3) is 0 Å². The highest BCUT2D eigenvalue weighted by Gasteiger charge is 2.27. The minimum Gasteiger partial charge on any atom is -0.497 e. The number of amides is 1. The van der Waals surface area contributed by atoms with E-state index in [2.05, 4.69) is 5.16 Å². The average Bonchev–Trinajstić information content (AvgIpc) is 2.81. The fraction of sp³-hybridized carbons (Fsp3) is 0.462. The van der Waals surface area contributed by atoms with E-state index in [1.807, 2.05) is 75.4 Å². The van der Waals surface area contributed by atoms with Crippen LogP contribution in [0.5, 0.6) is 5.75 Å². The maximum atomic E-state index is 12.2. The third kappa shape index (κ3) is 7.79. The Morgan fingerprint density at radius 3 is 2.21 bits per heavy atom. The number of carbonyl (C=O) groups is 1. The molecule has 178 valence electrons. The van der Waals surface area contributed by atoms with Crippen LogP contribution in [0.25, 0.3) is 0 Å². The number of carbonyl (C=O) groups excluding carboxylic acids is 1. The molecule has 1 fully saturated rings. The Balaban J connectivity index is 1.47. The lowest BCUT2D eigenvalue weighted by atomic mass is 10.0. The van der Waals surface area contributed by atoms with E-state index < -0.39 is 5.60 Å². The van der Waals surface area contributed by atoms with Crippen molar-refractivity contribution in [3.8, 4) is 5.75 Å². The molecule has 2 aromatic rings. The SMILES string of the molecule is COc1ccc(C(=NOCCOC2CCN(C(=O)OC(C)(C)C)CC2)c2ccccc2)cc1. The molecule has 0 aromatic heterocycles. The van der Waals surface area contributed by atoms with Crippen molar-refractivity contribution in [2.24, 2.45) is 5.16 Å². The molecular formula is C26H34N2O5. The van der Waals surface area contributed by atoms with E-state index in [0.717, 1.165) is 35.4 Å². The van der Waals surface area contributed by atoms with Gasteiger partial charge >= 0.3 is 6.09 Å². The van der Waals surface area contributed by atoms with Gasteiger partial charge in [-0.1, -0.05) is 35.5 Å². The smallest absolute Gasteiger partial charge is 0.410 e. The summed E-state index contributed by atoms with van der Waals surface area (Å²) in [6.45, 7) is 7.68. The summed E-state index contributed by atoms with van der Waals surface area (Å²) in [4.78, 5) is 19.5. The van der Waals surface area contributed by atoms with Crippen LogP contribution in [0, 0.1) is 0 Å². The molecule has 1 saturated heterocycles. The molecule has 1 aliphatic rings. The van der Waals surface area contributed by atoms with Gasteiger partial charge in [0.15, 0.2) is 0 Å². The summed E-state index contributed by atoms with van der Waals surface area (Å²) >= 11 is 0. The molecule has 0 unspecified atom stereocenters. The standard InChI is InChI=1S/C26H34N2O5/c1-26(2,3)33-25(29)28-16-14-23(15-17-28)31-18-19-32-27-24(20-8-6-5-7-9-20)21-10-12-22(30-4)13-11-21/h5-13,23H,14-19H2,1-4H3. The van der Waals surface area contributed by atoms with Crippen LogP contribution in [0.2, 0.25) is 0 Å². The third-order valence-corrected chi connectivity index (χ3v) is 5.19. The van der Waals surface area contributed by atoms with Crippen LogP contribution in [0.1, 0.15) is 44.7 Å². The molecule has 0 saturated carbocycles. The molecule has 2 aromatic carbocycles. The fourth-order valence-electron chi connectivity index (χ4n) is 3.51. The van der Waals surface area contributed by atoms with Crippen LogP contribution in [-0.4, -0.2) is 61.8 Å². The highest BCUT2D eigenvalue weighted by molar-refractivity contribution is 6.12. The molecule has 0 bridgehead atoms. The Bertz CT molecular complexity index is 899. The van der Waals surface area contributed by atoms with Crippen molar-refractivity contribution in [3.05, 3.63) is 65.7 Å². The number of hydrogen-bond acceptors (Lipinski definition) is 6. The number of hydrogen-bond donors (Lipinski definition) is 0. The van der Waals surface area contributed by atoms with Gasteiger partial charge in [-0.05, 0) is 57.9 Å². The Morgan fingerprint density at radius 1 is 0.970 bits per heavy atom. The van der Waals surface area contributed by atoms with Crippen molar-refractivity contribution in [1.82, 2.24) is 4.90 Å². The molecule has 0 radical (unpaired) electrons. The predicted molar refractivity (Wildman–Crippen MR) is 128 cm³/mol. The maximum Gasteiger partial charge on any atom is 0.410 e. The third-order valence-electron chi connectivity index (χ3n) is 5.19. The molecule has 0 spiro atoms. The Morgan fingerprint density at radius 2 is 1.61 bits per heavy atom. The zero-order chi connectivity index (χ0) is 23.7. The van der Waals surface area contributed by atoms with E-state index in [9.17, 15) is 4.79 Å².